The zero-order valence-electron chi connectivity index (χ0n) is 15.5. The van der Waals surface area contributed by atoms with Gasteiger partial charge in [-0.2, -0.15) is 0 Å². The monoisotopic (exact) mass is 399 g/mol. The molecule has 0 radical (unpaired) electrons. The van der Waals surface area contributed by atoms with E-state index in [2.05, 4.69) is 27.6 Å². The lowest BCUT2D eigenvalue weighted by molar-refractivity contribution is -0.119. The van der Waals surface area contributed by atoms with Gasteiger partial charge < -0.3 is 11.2 Å². The van der Waals surface area contributed by atoms with Crippen molar-refractivity contribution in [3.05, 3.63) is 66.0 Å². The fraction of sp³-hybridized carbons (Fsp3) is 0.250. The number of benzene rings is 2. The van der Waals surface area contributed by atoms with Crippen molar-refractivity contribution in [2.75, 3.05) is 11.6 Å². The maximum Gasteiger partial charge on any atom is 0.230 e. The molecule has 8 heteroatoms. The lowest BCUT2D eigenvalue weighted by Crippen LogP contribution is -2.34. The number of aromatic nitrogens is 3. The minimum atomic E-state index is -0.428. The van der Waals surface area contributed by atoms with Gasteiger partial charge >= 0.3 is 0 Å². The zero-order valence-corrected chi connectivity index (χ0v) is 16.3. The molecule has 0 aliphatic carbocycles. The van der Waals surface area contributed by atoms with Crippen LogP contribution >= 0.6 is 11.8 Å². The Bertz CT molecular complexity index is 931. The Kier molecular flexibility index (Phi) is 6.65. The van der Waals surface area contributed by atoms with E-state index in [1.54, 1.807) is 18.2 Å². The lowest BCUT2D eigenvalue weighted by atomic mass is 10.1. The third-order valence-electron chi connectivity index (χ3n) is 4.23. The normalized spacial score (nSPS) is 11.9. The van der Waals surface area contributed by atoms with E-state index in [-0.39, 0.29) is 29.1 Å². The number of nitrogen functional groups attached to an aromatic ring is 1. The van der Waals surface area contributed by atoms with Crippen LogP contribution in [0.25, 0.3) is 11.4 Å². The SMILES string of the molecule is C[C@@H](CCc1ccccc1)NC(=O)CSc1nnc(-c2ccccc2F)n1N. The Morgan fingerprint density at radius 2 is 1.89 bits per heavy atom. The number of carbonyl (C=O) groups excluding carboxylic acids is 1. The zero-order chi connectivity index (χ0) is 19.9. The molecule has 0 saturated heterocycles. The first-order valence-corrected chi connectivity index (χ1v) is 9.94. The first-order valence-electron chi connectivity index (χ1n) is 8.96. The predicted molar refractivity (Wildman–Crippen MR) is 109 cm³/mol. The molecule has 0 saturated carbocycles. The van der Waals surface area contributed by atoms with Crippen molar-refractivity contribution >= 4 is 17.7 Å². The lowest BCUT2D eigenvalue weighted by Gasteiger charge is -2.13. The van der Waals surface area contributed by atoms with E-state index in [4.69, 9.17) is 5.84 Å². The molecule has 1 atom stereocenters. The second kappa shape index (κ2) is 9.36. The van der Waals surface area contributed by atoms with Crippen LogP contribution in [0.1, 0.15) is 18.9 Å². The van der Waals surface area contributed by atoms with Crippen LogP contribution in [0.5, 0.6) is 0 Å². The van der Waals surface area contributed by atoms with Crippen molar-refractivity contribution in [2.24, 2.45) is 0 Å². The number of nitrogens with zero attached hydrogens (tertiary/aromatic N) is 3. The van der Waals surface area contributed by atoms with Gasteiger partial charge in [-0.3, -0.25) is 4.79 Å². The quantitative estimate of drug-likeness (QED) is 0.449. The van der Waals surface area contributed by atoms with Gasteiger partial charge in [0.05, 0.1) is 11.3 Å². The summed E-state index contributed by atoms with van der Waals surface area (Å²) in [7, 11) is 0. The molecular formula is C20H22FN5OS. The Hall–Kier alpha value is -2.87. The molecule has 0 unspecified atom stereocenters. The van der Waals surface area contributed by atoms with Gasteiger partial charge in [-0.25, -0.2) is 9.07 Å². The Labute approximate surface area is 167 Å². The Balaban J connectivity index is 1.50. The number of nitrogens with one attached hydrogen (secondary N) is 1. The van der Waals surface area contributed by atoms with Gasteiger partial charge in [-0.15, -0.1) is 10.2 Å². The third-order valence-corrected chi connectivity index (χ3v) is 5.17. The molecule has 3 N–H and O–H groups in total. The van der Waals surface area contributed by atoms with E-state index in [0.29, 0.717) is 5.16 Å². The number of rotatable bonds is 8. The van der Waals surface area contributed by atoms with E-state index in [1.165, 1.54) is 16.3 Å². The summed E-state index contributed by atoms with van der Waals surface area (Å²) in [5.41, 5.74) is 1.51. The van der Waals surface area contributed by atoms with Crippen LogP contribution in [0, 0.1) is 5.82 Å². The van der Waals surface area contributed by atoms with Crippen molar-refractivity contribution in [1.29, 1.82) is 0 Å². The third kappa shape index (κ3) is 5.10. The molecule has 2 aromatic carbocycles. The van der Waals surface area contributed by atoms with Crippen LogP contribution in [-0.4, -0.2) is 32.6 Å². The maximum absolute atomic E-state index is 13.9. The number of hydrogen-bond acceptors (Lipinski definition) is 5. The van der Waals surface area contributed by atoms with Gasteiger partial charge in [0.1, 0.15) is 5.82 Å². The van der Waals surface area contributed by atoms with Gasteiger partial charge in [-0.1, -0.05) is 54.2 Å². The summed E-state index contributed by atoms with van der Waals surface area (Å²) in [6, 6.07) is 16.4. The second-order valence-electron chi connectivity index (χ2n) is 6.44. The van der Waals surface area contributed by atoms with Crippen LogP contribution in [0.2, 0.25) is 0 Å². The number of thioether (sulfide) groups is 1. The molecule has 3 rings (SSSR count). The highest BCUT2D eigenvalue weighted by Gasteiger charge is 2.16. The average Bonchev–Trinajstić information content (AvgIpc) is 3.06. The summed E-state index contributed by atoms with van der Waals surface area (Å²) in [6.45, 7) is 1.98. The molecule has 0 aliphatic heterocycles. The number of amides is 1. The molecule has 1 heterocycles. The van der Waals surface area contributed by atoms with E-state index in [9.17, 15) is 9.18 Å². The molecule has 28 heavy (non-hydrogen) atoms. The molecule has 1 aromatic heterocycles. The first kappa shape index (κ1) is 19.9. The fourth-order valence-corrected chi connectivity index (χ4v) is 3.42. The molecule has 0 aliphatic rings. The largest absolute Gasteiger partial charge is 0.353 e. The predicted octanol–water partition coefficient (Wildman–Crippen LogP) is 3.03. The van der Waals surface area contributed by atoms with Crippen molar-refractivity contribution in [2.45, 2.75) is 31.0 Å². The Morgan fingerprint density at radius 1 is 1.18 bits per heavy atom. The van der Waals surface area contributed by atoms with Crippen LogP contribution in [0.3, 0.4) is 0 Å². The van der Waals surface area contributed by atoms with Crippen molar-refractivity contribution in [1.82, 2.24) is 20.2 Å². The summed E-state index contributed by atoms with van der Waals surface area (Å²) in [5.74, 6) is 5.81. The van der Waals surface area contributed by atoms with Gasteiger partial charge in [-0.05, 0) is 37.5 Å². The number of halogens is 1. The van der Waals surface area contributed by atoms with Crippen LogP contribution < -0.4 is 11.2 Å². The van der Waals surface area contributed by atoms with Crippen molar-refractivity contribution < 1.29 is 9.18 Å². The summed E-state index contributed by atoms with van der Waals surface area (Å²) < 4.78 is 15.1. The minimum absolute atomic E-state index is 0.0537. The van der Waals surface area contributed by atoms with E-state index >= 15 is 0 Å². The van der Waals surface area contributed by atoms with Crippen molar-refractivity contribution in [3.8, 4) is 11.4 Å². The van der Waals surface area contributed by atoms with E-state index < -0.39 is 5.82 Å². The smallest absolute Gasteiger partial charge is 0.230 e. The average molecular weight is 399 g/mol. The van der Waals surface area contributed by atoms with Crippen LogP contribution in [0.15, 0.2) is 59.8 Å². The van der Waals surface area contributed by atoms with E-state index in [1.807, 2.05) is 25.1 Å². The first-order chi connectivity index (χ1) is 13.5. The molecule has 6 nitrogen and oxygen atoms in total. The number of carbonyl (C=O) groups is 1. The molecule has 3 aromatic rings. The Morgan fingerprint density at radius 3 is 2.64 bits per heavy atom. The summed E-state index contributed by atoms with van der Waals surface area (Å²) in [5, 5.41) is 11.2. The van der Waals surface area contributed by atoms with Crippen LogP contribution in [-0.2, 0) is 11.2 Å². The maximum atomic E-state index is 13.9. The molecule has 1 amide bonds. The topological polar surface area (TPSA) is 85.8 Å². The summed E-state index contributed by atoms with van der Waals surface area (Å²) >= 11 is 1.16. The summed E-state index contributed by atoms with van der Waals surface area (Å²) in [4.78, 5) is 12.2. The molecular weight excluding hydrogens is 377 g/mol. The molecule has 0 bridgehead atoms. The highest BCUT2D eigenvalue weighted by atomic mass is 32.2. The number of aryl methyl sites for hydroxylation is 1. The second-order valence-corrected chi connectivity index (χ2v) is 7.38. The van der Waals surface area contributed by atoms with Crippen LogP contribution in [0.4, 0.5) is 4.39 Å². The van der Waals surface area contributed by atoms with Crippen molar-refractivity contribution in [3.63, 3.8) is 0 Å². The van der Waals surface area contributed by atoms with Gasteiger partial charge in [0.25, 0.3) is 0 Å². The van der Waals surface area contributed by atoms with Gasteiger partial charge in [0, 0.05) is 6.04 Å². The highest BCUT2D eigenvalue weighted by Crippen LogP contribution is 2.23. The molecule has 0 fully saturated rings. The fourth-order valence-electron chi connectivity index (χ4n) is 2.75. The standard InChI is InChI=1S/C20H22FN5OS/c1-14(11-12-15-7-3-2-4-8-15)23-18(27)13-28-20-25-24-19(26(20)22)16-9-5-6-10-17(16)21/h2-10,14H,11-13,22H2,1H3,(H,23,27)/t14-/m0/s1. The van der Waals surface area contributed by atoms with Gasteiger partial charge in [0.2, 0.25) is 11.1 Å². The molecule has 0 spiro atoms. The minimum Gasteiger partial charge on any atom is -0.353 e. The summed E-state index contributed by atoms with van der Waals surface area (Å²) in [6.07, 6.45) is 1.75. The van der Waals surface area contributed by atoms with E-state index in [0.717, 1.165) is 24.6 Å². The van der Waals surface area contributed by atoms with Gasteiger partial charge in [0.15, 0.2) is 5.82 Å². The molecule has 146 valence electrons. The number of hydrogen-bond donors (Lipinski definition) is 2. The number of nitrogens with two attached hydrogens (primary N) is 1. The highest BCUT2D eigenvalue weighted by molar-refractivity contribution is 7.99.